The Bertz CT molecular complexity index is 894. The van der Waals surface area contributed by atoms with E-state index in [2.05, 4.69) is 32.9 Å². The summed E-state index contributed by atoms with van der Waals surface area (Å²) < 4.78 is 0.961. The van der Waals surface area contributed by atoms with Gasteiger partial charge in [-0.05, 0) is 58.8 Å². The summed E-state index contributed by atoms with van der Waals surface area (Å²) in [4.78, 5) is 17.8. The topological polar surface area (TPSA) is 42.0 Å². The van der Waals surface area contributed by atoms with Gasteiger partial charge in [0.2, 0.25) is 0 Å². The zero-order chi connectivity index (χ0) is 17.1. The molecule has 0 saturated heterocycles. The molecule has 3 aromatic rings. The van der Waals surface area contributed by atoms with Gasteiger partial charge in [0.1, 0.15) is 0 Å². The van der Waals surface area contributed by atoms with E-state index in [4.69, 9.17) is 11.6 Å². The minimum absolute atomic E-state index is 0.133. The predicted octanol–water partition coefficient (Wildman–Crippen LogP) is 5.55. The number of anilines is 1. The van der Waals surface area contributed by atoms with Crippen molar-refractivity contribution in [2.75, 3.05) is 5.32 Å². The van der Waals surface area contributed by atoms with Crippen LogP contribution in [0.3, 0.4) is 0 Å². The van der Waals surface area contributed by atoms with Crippen LogP contribution < -0.4 is 5.32 Å². The van der Waals surface area contributed by atoms with E-state index in [0.29, 0.717) is 10.7 Å². The number of hydrogen-bond acceptors (Lipinski definition) is 3. The number of carbonyl (C=O) groups is 1. The van der Waals surface area contributed by atoms with E-state index in [0.717, 1.165) is 31.0 Å². The third-order valence-electron chi connectivity index (χ3n) is 3.48. The van der Waals surface area contributed by atoms with Crippen LogP contribution in [0, 0.1) is 10.5 Å². The smallest absolute Gasteiger partial charge is 0.258 e. The predicted molar refractivity (Wildman–Crippen MR) is 108 cm³/mol. The monoisotopic (exact) mass is 468 g/mol. The second kappa shape index (κ2) is 7.63. The maximum absolute atomic E-state index is 12.4. The Labute approximate surface area is 163 Å². The molecule has 0 unspecified atom stereocenters. The first-order chi connectivity index (χ1) is 11.5. The van der Waals surface area contributed by atoms with Gasteiger partial charge in [-0.1, -0.05) is 35.9 Å². The summed E-state index contributed by atoms with van der Waals surface area (Å²) in [7, 11) is 0. The van der Waals surface area contributed by atoms with E-state index in [-0.39, 0.29) is 5.91 Å². The molecule has 0 aliphatic rings. The lowest BCUT2D eigenvalue weighted by atomic mass is 10.1. The van der Waals surface area contributed by atoms with Gasteiger partial charge in [-0.25, -0.2) is 4.98 Å². The van der Waals surface area contributed by atoms with Gasteiger partial charge in [-0.15, -0.1) is 11.3 Å². The van der Waals surface area contributed by atoms with Crippen LogP contribution in [0.1, 0.15) is 26.4 Å². The number of aryl methyl sites for hydroxylation is 1. The average Bonchev–Trinajstić information content (AvgIpc) is 2.97. The SMILES string of the molecule is Cc1cccc(C(=O)Nc2ncc(Cc3cccc(Cl)c3)s2)c1I. The molecule has 2 aromatic carbocycles. The van der Waals surface area contributed by atoms with E-state index >= 15 is 0 Å². The summed E-state index contributed by atoms with van der Waals surface area (Å²) in [6.45, 7) is 1.99. The lowest BCUT2D eigenvalue weighted by molar-refractivity contribution is 0.102. The number of benzene rings is 2. The van der Waals surface area contributed by atoms with Gasteiger partial charge in [-0.3, -0.25) is 10.1 Å². The van der Waals surface area contributed by atoms with E-state index in [9.17, 15) is 4.79 Å². The third kappa shape index (κ3) is 4.15. The van der Waals surface area contributed by atoms with Crippen LogP contribution in [0.5, 0.6) is 0 Å². The van der Waals surface area contributed by atoms with Crippen LogP contribution >= 0.6 is 45.5 Å². The van der Waals surface area contributed by atoms with Gasteiger partial charge in [0, 0.05) is 26.1 Å². The summed E-state index contributed by atoms with van der Waals surface area (Å²) in [5.74, 6) is -0.133. The van der Waals surface area contributed by atoms with Crippen molar-refractivity contribution in [3.63, 3.8) is 0 Å². The first kappa shape index (κ1) is 17.4. The minimum Gasteiger partial charge on any atom is -0.298 e. The molecule has 3 rings (SSSR count). The molecule has 1 heterocycles. The number of nitrogens with one attached hydrogen (secondary N) is 1. The molecule has 24 heavy (non-hydrogen) atoms. The highest BCUT2D eigenvalue weighted by molar-refractivity contribution is 14.1. The van der Waals surface area contributed by atoms with Crippen LogP contribution in [-0.2, 0) is 6.42 Å². The van der Waals surface area contributed by atoms with Gasteiger partial charge < -0.3 is 0 Å². The molecule has 1 amide bonds. The van der Waals surface area contributed by atoms with Crippen molar-refractivity contribution in [1.29, 1.82) is 0 Å². The van der Waals surface area contributed by atoms with Crippen molar-refractivity contribution < 1.29 is 4.79 Å². The molecule has 6 heteroatoms. The summed E-state index contributed by atoms with van der Waals surface area (Å²) in [5, 5.41) is 4.21. The van der Waals surface area contributed by atoms with Crippen molar-refractivity contribution in [3.05, 3.63) is 78.8 Å². The zero-order valence-corrected chi connectivity index (χ0v) is 16.6. The number of aromatic nitrogens is 1. The molecule has 0 spiro atoms. The summed E-state index contributed by atoms with van der Waals surface area (Å²) in [6, 6.07) is 13.5. The zero-order valence-electron chi connectivity index (χ0n) is 12.8. The Hall–Kier alpha value is -1.44. The minimum atomic E-state index is -0.133. The molecule has 3 nitrogen and oxygen atoms in total. The molecule has 0 radical (unpaired) electrons. The number of halogens is 2. The lowest BCUT2D eigenvalue weighted by Crippen LogP contribution is -2.13. The molecule has 0 saturated carbocycles. The largest absolute Gasteiger partial charge is 0.298 e. The normalized spacial score (nSPS) is 10.6. The average molecular weight is 469 g/mol. The second-order valence-electron chi connectivity index (χ2n) is 5.33. The number of amides is 1. The molecule has 1 aromatic heterocycles. The molecule has 0 fully saturated rings. The number of nitrogens with zero attached hydrogens (tertiary/aromatic N) is 1. The highest BCUT2D eigenvalue weighted by atomic mass is 127. The summed E-state index contributed by atoms with van der Waals surface area (Å²) in [5.41, 5.74) is 2.88. The van der Waals surface area contributed by atoms with Gasteiger partial charge in [0.15, 0.2) is 5.13 Å². The summed E-state index contributed by atoms with van der Waals surface area (Å²) >= 11 is 9.68. The summed E-state index contributed by atoms with van der Waals surface area (Å²) in [6.07, 6.45) is 2.54. The van der Waals surface area contributed by atoms with Gasteiger partial charge in [-0.2, -0.15) is 0 Å². The first-order valence-corrected chi connectivity index (χ1v) is 9.56. The quantitative estimate of drug-likeness (QED) is 0.510. The Morgan fingerprint density at radius 1 is 1.29 bits per heavy atom. The van der Waals surface area contributed by atoms with Gasteiger partial charge in [0.05, 0.1) is 5.56 Å². The Morgan fingerprint density at radius 3 is 2.88 bits per heavy atom. The molecular formula is C18H14ClIN2OS. The fraction of sp³-hybridized carbons (Fsp3) is 0.111. The van der Waals surface area contributed by atoms with E-state index in [1.54, 1.807) is 6.20 Å². The number of thiazole rings is 1. The number of carbonyl (C=O) groups excluding carboxylic acids is 1. The molecule has 0 aliphatic carbocycles. The van der Waals surface area contributed by atoms with E-state index in [1.807, 2.05) is 49.4 Å². The second-order valence-corrected chi connectivity index (χ2v) is 7.96. The lowest BCUT2D eigenvalue weighted by Gasteiger charge is -2.06. The third-order valence-corrected chi connectivity index (χ3v) is 6.06. The standard InChI is InChI=1S/C18H14ClIN2OS/c1-11-4-2-7-15(16(11)20)17(23)22-18-21-10-14(24-18)9-12-5-3-6-13(19)8-12/h2-8,10H,9H2,1H3,(H,21,22,23). The van der Waals surface area contributed by atoms with Crippen LogP contribution in [-0.4, -0.2) is 10.9 Å². The molecule has 0 bridgehead atoms. The van der Waals surface area contributed by atoms with Gasteiger partial charge in [0.25, 0.3) is 5.91 Å². The maximum atomic E-state index is 12.4. The van der Waals surface area contributed by atoms with E-state index in [1.165, 1.54) is 11.3 Å². The molecule has 122 valence electrons. The fourth-order valence-electron chi connectivity index (χ4n) is 2.28. The maximum Gasteiger partial charge on any atom is 0.258 e. The first-order valence-electron chi connectivity index (χ1n) is 7.28. The van der Waals surface area contributed by atoms with Crippen LogP contribution in [0.25, 0.3) is 0 Å². The van der Waals surface area contributed by atoms with Gasteiger partial charge >= 0.3 is 0 Å². The Kier molecular flexibility index (Phi) is 5.53. The van der Waals surface area contributed by atoms with Crippen molar-refractivity contribution in [3.8, 4) is 0 Å². The number of hydrogen-bond donors (Lipinski definition) is 1. The van der Waals surface area contributed by atoms with Crippen LogP contribution in [0.4, 0.5) is 5.13 Å². The molecule has 0 aliphatic heterocycles. The van der Waals surface area contributed by atoms with Crippen LogP contribution in [0.15, 0.2) is 48.7 Å². The van der Waals surface area contributed by atoms with Crippen LogP contribution in [0.2, 0.25) is 5.02 Å². The molecule has 0 atom stereocenters. The highest BCUT2D eigenvalue weighted by Gasteiger charge is 2.13. The number of rotatable bonds is 4. The van der Waals surface area contributed by atoms with Crippen molar-refractivity contribution >= 4 is 56.6 Å². The fourth-order valence-corrected chi connectivity index (χ4v) is 3.94. The van der Waals surface area contributed by atoms with Crippen molar-refractivity contribution in [2.45, 2.75) is 13.3 Å². The van der Waals surface area contributed by atoms with Crippen molar-refractivity contribution in [2.24, 2.45) is 0 Å². The molecule has 1 N–H and O–H groups in total. The van der Waals surface area contributed by atoms with Crippen molar-refractivity contribution in [1.82, 2.24) is 4.98 Å². The highest BCUT2D eigenvalue weighted by Crippen LogP contribution is 2.24. The van der Waals surface area contributed by atoms with E-state index < -0.39 is 0 Å². The Morgan fingerprint density at radius 2 is 2.08 bits per heavy atom. The Balaban J connectivity index is 1.72. The molecular weight excluding hydrogens is 455 g/mol.